The minimum atomic E-state index is -0.743. The molecule has 0 bridgehead atoms. The molecule has 1 atom stereocenters. The van der Waals surface area contributed by atoms with E-state index in [0.29, 0.717) is 6.54 Å². The largest absolute Gasteiger partial charge is 0.394 e. The zero-order valence-corrected chi connectivity index (χ0v) is 8.77. The number of anilines is 2. The lowest BCUT2D eigenvalue weighted by Gasteiger charge is -2.11. The predicted octanol–water partition coefficient (Wildman–Crippen LogP) is 0.278. The van der Waals surface area contributed by atoms with E-state index in [-0.39, 0.29) is 6.61 Å². The molecule has 1 heterocycles. The van der Waals surface area contributed by atoms with E-state index in [0.717, 1.165) is 17.9 Å². The van der Waals surface area contributed by atoms with Crippen molar-refractivity contribution in [1.82, 2.24) is 4.98 Å². The van der Waals surface area contributed by atoms with Crippen LogP contribution in [0.5, 0.6) is 0 Å². The molecule has 0 saturated carbocycles. The van der Waals surface area contributed by atoms with Crippen molar-refractivity contribution in [2.45, 2.75) is 13.0 Å². The summed E-state index contributed by atoms with van der Waals surface area (Å²) >= 11 is 0. The molecule has 0 radical (unpaired) electrons. The summed E-state index contributed by atoms with van der Waals surface area (Å²) < 4.78 is 0. The minimum absolute atomic E-state index is 0.243. The van der Waals surface area contributed by atoms with Gasteiger partial charge >= 0.3 is 0 Å². The van der Waals surface area contributed by atoms with Gasteiger partial charge in [0.15, 0.2) is 0 Å². The third kappa shape index (κ3) is 4.14. The second-order valence-electron chi connectivity index (χ2n) is 3.21. The van der Waals surface area contributed by atoms with Crippen molar-refractivity contribution >= 4 is 11.4 Å². The summed E-state index contributed by atoms with van der Waals surface area (Å²) in [4.78, 5) is 4.04. The van der Waals surface area contributed by atoms with Crippen LogP contribution in [0.2, 0.25) is 0 Å². The van der Waals surface area contributed by atoms with E-state index in [2.05, 4.69) is 15.6 Å². The van der Waals surface area contributed by atoms with Crippen molar-refractivity contribution in [3.05, 3.63) is 18.5 Å². The van der Waals surface area contributed by atoms with Gasteiger partial charge in [0.05, 0.1) is 36.5 Å². The number of aliphatic hydroxyl groups excluding tert-OH is 2. The molecule has 1 aromatic rings. The van der Waals surface area contributed by atoms with Crippen LogP contribution in [0, 0.1) is 0 Å². The van der Waals surface area contributed by atoms with Crippen molar-refractivity contribution in [3.63, 3.8) is 0 Å². The Labute approximate surface area is 89.2 Å². The van der Waals surface area contributed by atoms with E-state index in [1.165, 1.54) is 0 Å². The van der Waals surface area contributed by atoms with Crippen LogP contribution < -0.4 is 10.6 Å². The average molecular weight is 211 g/mol. The summed E-state index contributed by atoms with van der Waals surface area (Å²) in [6, 6.07) is 1.90. The molecular weight excluding hydrogens is 194 g/mol. The van der Waals surface area contributed by atoms with Crippen molar-refractivity contribution in [1.29, 1.82) is 0 Å². The van der Waals surface area contributed by atoms with Crippen LogP contribution in [-0.4, -0.2) is 41.0 Å². The van der Waals surface area contributed by atoms with E-state index >= 15 is 0 Å². The summed E-state index contributed by atoms with van der Waals surface area (Å²) in [5.74, 6) is 0. The van der Waals surface area contributed by atoms with Gasteiger partial charge in [-0.2, -0.15) is 0 Å². The lowest BCUT2D eigenvalue weighted by molar-refractivity contribution is 0.105. The first-order chi connectivity index (χ1) is 7.26. The lowest BCUT2D eigenvalue weighted by atomic mass is 10.3. The average Bonchev–Trinajstić information content (AvgIpc) is 2.27. The second kappa shape index (κ2) is 6.21. The Morgan fingerprint density at radius 2 is 2.00 bits per heavy atom. The molecule has 1 aromatic heterocycles. The van der Waals surface area contributed by atoms with Gasteiger partial charge in [-0.25, -0.2) is 0 Å². The van der Waals surface area contributed by atoms with Gasteiger partial charge in [-0.05, 0) is 13.0 Å². The summed E-state index contributed by atoms with van der Waals surface area (Å²) in [6.45, 7) is 2.92. The van der Waals surface area contributed by atoms with Crippen LogP contribution in [0.15, 0.2) is 18.5 Å². The van der Waals surface area contributed by atoms with Crippen molar-refractivity contribution in [3.8, 4) is 0 Å². The third-order valence-corrected chi connectivity index (χ3v) is 1.87. The first-order valence-electron chi connectivity index (χ1n) is 4.98. The lowest BCUT2D eigenvalue weighted by Crippen LogP contribution is -2.23. The molecule has 0 amide bonds. The molecule has 0 aliphatic carbocycles. The quantitative estimate of drug-likeness (QED) is 0.543. The van der Waals surface area contributed by atoms with Crippen molar-refractivity contribution < 1.29 is 10.2 Å². The van der Waals surface area contributed by atoms with E-state index in [1.807, 2.05) is 13.0 Å². The van der Waals surface area contributed by atoms with Crippen LogP contribution in [0.3, 0.4) is 0 Å². The van der Waals surface area contributed by atoms with Gasteiger partial charge in [-0.3, -0.25) is 4.98 Å². The summed E-state index contributed by atoms with van der Waals surface area (Å²) in [5, 5.41) is 23.9. The molecule has 0 aliphatic heterocycles. The highest BCUT2D eigenvalue weighted by atomic mass is 16.3. The zero-order valence-electron chi connectivity index (χ0n) is 8.77. The van der Waals surface area contributed by atoms with Gasteiger partial charge in [-0.1, -0.05) is 0 Å². The number of aromatic nitrogens is 1. The van der Waals surface area contributed by atoms with E-state index < -0.39 is 6.10 Å². The normalized spacial score (nSPS) is 12.2. The SMILES string of the molecule is CCNc1cncc(NCC(O)CO)c1. The molecule has 0 spiro atoms. The Balaban J connectivity index is 2.50. The van der Waals surface area contributed by atoms with Gasteiger partial charge in [-0.15, -0.1) is 0 Å². The number of hydrogen-bond acceptors (Lipinski definition) is 5. The molecule has 1 rings (SSSR count). The van der Waals surface area contributed by atoms with E-state index in [1.54, 1.807) is 12.4 Å². The summed E-state index contributed by atoms with van der Waals surface area (Å²) in [7, 11) is 0. The van der Waals surface area contributed by atoms with Gasteiger partial charge in [0.1, 0.15) is 0 Å². The standard InChI is InChI=1S/C10H17N3O2/c1-2-12-8-3-9(5-11-4-8)13-6-10(15)7-14/h3-5,10,12-15H,2,6-7H2,1H3. The highest BCUT2D eigenvalue weighted by Crippen LogP contribution is 2.12. The summed E-state index contributed by atoms with van der Waals surface area (Å²) in [5.41, 5.74) is 1.75. The number of aliphatic hydroxyl groups is 2. The zero-order chi connectivity index (χ0) is 11.1. The highest BCUT2D eigenvalue weighted by Gasteiger charge is 2.01. The molecule has 5 nitrogen and oxygen atoms in total. The maximum atomic E-state index is 9.14. The van der Waals surface area contributed by atoms with Crippen LogP contribution >= 0.6 is 0 Å². The molecule has 0 aromatic carbocycles. The maximum absolute atomic E-state index is 9.14. The van der Waals surface area contributed by atoms with Gasteiger partial charge in [0, 0.05) is 13.1 Å². The molecule has 0 saturated heterocycles. The Hall–Kier alpha value is -1.33. The minimum Gasteiger partial charge on any atom is -0.394 e. The number of hydrogen-bond donors (Lipinski definition) is 4. The number of pyridine rings is 1. The predicted molar refractivity (Wildman–Crippen MR) is 60.0 cm³/mol. The molecule has 1 unspecified atom stereocenters. The number of nitrogens with zero attached hydrogens (tertiary/aromatic N) is 1. The van der Waals surface area contributed by atoms with Crippen LogP contribution in [-0.2, 0) is 0 Å². The molecule has 4 N–H and O–H groups in total. The highest BCUT2D eigenvalue weighted by molar-refractivity contribution is 5.53. The smallest absolute Gasteiger partial charge is 0.0942 e. The van der Waals surface area contributed by atoms with Gasteiger partial charge in [0.2, 0.25) is 0 Å². The fourth-order valence-electron chi connectivity index (χ4n) is 1.14. The Morgan fingerprint density at radius 3 is 2.60 bits per heavy atom. The van der Waals surface area contributed by atoms with Crippen LogP contribution in [0.25, 0.3) is 0 Å². The molecule has 0 fully saturated rings. The van der Waals surface area contributed by atoms with E-state index in [9.17, 15) is 0 Å². The van der Waals surface area contributed by atoms with Gasteiger partial charge < -0.3 is 20.8 Å². The fourth-order valence-corrected chi connectivity index (χ4v) is 1.14. The Bertz CT molecular complexity index is 294. The monoisotopic (exact) mass is 211 g/mol. The Kier molecular flexibility index (Phi) is 4.86. The van der Waals surface area contributed by atoms with Crippen LogP contribution in [0.1, 0.15) is 6.92 Å². The van der Waals surface area contributed by atoms with E-state index in [4.69, 9.17) is 10.2 Å². The molecule has 0 aliphatic rings. The first-order valence-corrected chi connectivity index (χ1v) is 4.98. The molecule has 84 valence electrons. The van der Waals surface area contributed by atoms with Crippen molar-refractivity contribution in [2.75, 3.05) is 30.3 Å². The second-order valence-corrected chi connectivity index (χ2v) is 3.21. The molecule has 5 heteroatoms. The third-order valence-electron chi connectivity index (χ3n) is 1.87. The Morgan fingerprint density at radius 1 is 1.33 bits per heavy atom. The first kappa shape index (κ1) is 11.7. The number of rotatable bonds is 6. The van der Waals surface area contributed by atoms with Crippen LogP contribution in [0.4, 0.5) is 11.4 Å². The topological polar surface area (TPSA) is 77.4 Å². The molecular formula is C10H17N3O2. The number of nitrogens with one attached hydrogen (secondary N) is 2. The molecule has 15 heavy (non-hydrogen) atoms. The van der Waals surface area contributed by atoms with Crippen molar-refractivity contribution in [2.24, 2.45) is 0 Å². The van der Waals surface area contributed by atoms with Gasteiger partial charge in [0.25, 0.3) is 0 Å². The fraction of sp³-hybridized carbons (Fsp3) is 0.500. The summed E-state index contributed by atoms with van der Waals surface area (Å²) in [6.07, 6.45) is 2.66. The maximum Gasteiger partial charge on any atom is 0.0942 e.